The van der Waals surface area contributed by atoms with Crippen molar-refractivity contribution >= 4 is 17.7 Å². The minimum atomic E-state index is -1.85. The summed E-state index contributed by atoms with van der Waals surface area (Å²) >= 11 is 0. The molecule has 200 valence electrons. The van der Waals surface area contributed by atoms with Crippen LogP contribution in [0.1, 0.15) is 59.9 Å². The first kappa shape index (κ1) is 27.3. The molecule has 0 saturated heterocycles. The fraction of sp³-hybridized carbons (Fsp3) is 0.567. The van der Waals surface area contributed by atoms with Crippen molar-refractivity contribution in [3.8, 4) is 0 Å². The van der Waals surface area contributed by atoms with E-state index in [4.69, 9.17) is 9.47 Å². The van der Waals surface area contributed by atoms with Crippen molar-refractivity contribution in [2.24, 2.45) is 23.2 Å². The predicted molar refractivity (Wildman–Crippen MR) is 137 cm³/mol. The molecule has 37 heavy (non-hydrogen) atoms. The van der Waals surface area contributed by atoms with Crippen LogP contribution in [0.15, 0.2) is 53.6 Å². The first-order valence-electron chi connectivity index (χ1n) is 12.9. The van der Waals surface area contributed by atoms with E-state index in [-0.39, 0.29) is 25.4 Å². The highest BCUT2D eigenvalue weighted by atomic mass is 16.6. The van der Waals surface area contributed by atoms with Gasteiger partial charge in [0, 0.05) is 30.6 Å². The quantitative estimate of drug-likeness (QED) is 0.459. The van der Waals surface area contributed by atoms with Gasteiger partial charge in [0.25, 0.3) is 0 Å². The molecule has 7 nitrogen and oxygen atoms in total. The summed E-state index contributed by atoms with van der Waals surface area (Å²) in [5.41, 5.74) is -3.30. The first-order valence-corrected chi connectivity index (χ1v) is 12.9. The fourth-order valence-electron chi connectivity index (χ4n) is 6.88. The van der Waals surface area contributed by atoms with Gasteiger partial charge in [0.1, 0.15) is 17.8 Å². The van der Waals surface area contributed by atoms with Gasteiger partial charge in [-0.15, -0.1) is 0 Å². The number of hydrogen-bond donors (Lipinski definition) is 2. The van der Waals surface area contributed by atoms with Crippen molar-refractivity contribution < 1.29 is 34.1 Å². The highest BCUT2D eigenvalue weighted by Gasteiger charge is 2.69. The zero-order chi connectivity index (χ0) is 27.4. The molecule has 0 spiro atoms. The molecule has 7 heteroatoms. The third-order valence-electron chi connectivity index (χ3n) is 9.19. The molecule has 1 aromatic rings. The fourth-order valence-corrected chi connectivity index (χ4v) is 6.88. The topological polar surface area (TPSA) is 110 Å². The molecule has 3 aliphatic rings. The summed E-state index contributed by atoms with van der Waals surface area (Å²) in [5.74, 6) is -3.17. The molecule has 0 aliphatic heterocycles. The van der Waals surface area contributed by atoms with Crippen LogP contribution in [-0.2, 0) is 30.3 Å². The summed E-state index contributed by atoms with van der Waals surface area (Å²) in [5, 5.41) is 24.3. The second-order valence-corrected chi connectivity index (χ2v) is 11.9. The Kier molecular flexibility index (Phi) is 6.79. The highest BCUT2D eigenvalue weighted by molar-refractivity contribution is 6.04. The Hall–Kier alpha value is -2.77. The van der Waals surface area contributed by atoms with Crippen LogP contribution in [0.5, 0.6) is 0 Å². The number of fused-ring (bicyclic) bond motifs is 3. The van der Waals surface area contributed by atoms with E-state index in [2.05, 4.69) is 0 Å². The Labute approximate surface area is 218 Å². The van der Waals surface area contributed by atoms with E-state index in [1.54, 1.807) is 13.0 Å². The van der Waals surface area contributed by atoms with Gasteiger partial charge in [0.2, 0.25) is 0 Å². The van der Waals surface area contributed by atoms with Crippen molar-refractivity contribution in [2.75, 3.05) is 6.61 Å². The van der Waals surface area contributed by atoms with Crippen molar-refractivity contribution in [3.05, 3.63) is 59.2 Å². The van der Waals surface area contributed by atoms with Gasteiger partial charge in [-0.25, -0.2) is 0 Å². The van der Waals surface area contributed by atoms with Crippen LogP contribution in [0.2, 0.25) is 0 Å². The third-order valence-corrected chi connectivity index (χ3v) is 9.19. The highest BCUT2D eigenvalue weighted by Crippen LogP contribution is 2.63. The third kappa shape index (κ3) is 4.36. The maximum atomic E-state index is 13.2. The molecule has 1 fully saturated rings. The number of carbonyl (C=O) groups excluding carboxylic acids is 3. The number of rotatable bonds is 5. The lowest BCUT2D eigenvalue weighted by Gasteiger charge is -2.61. The van der Waals surface area contributed by atoms with Gasteiger partial charge in [-0.3, -0.25) is 14.4 Å². The van der Waals surface area contributed by atoms with Gasteiger partial charge < -0.3 is 19.7 Å². The Morgan fingerprint density at radius 3 is 2.32 bits per heavy atom. The molecule has 1 aromatic carbocycles. The summed E-state index contributed by atoms with van der Waals surface area (Å²) in [6.07, 6.45) is 3.95. The van der Waals surface area contributed by atoms with E-state index in [0.29, 0.717) is 17.6 Å². The minimum absolute atomic E-state index is 0.0518. The molecule has 6 atom stereocenters. The van der Waals surface area contributed by atoms with Gasteiger partial charge in [-0.05, 0) is 42.9 Å². The van der Waals surface area contributed by atoms with Crippen molar-refractivity contribution in [2.45, 2.75) is 77.6 Å². The molecule has 0 radical (unpaired) electrons. The predicted octanol–water partition coefficient (Wildman–Crippen LogP) is 3.71. The molecule has 0 bridgehead atoms. The van der Waals surface area contributed by atoms with E-state index < -0.39 is 51.7 Å². The average molecular weight is 511 g/mol. The number of esters is 2. The van der Waals surface area contributed by atoms with Gasteiger partial charge in [0.05, 0.1) is 12.0 Å². The second kappa shape index (κ2) is 9.21. The molecule has 0 amide bonds. The van der Waals surface area contributed by atoms with Crippen LogP contribution in [0.25, 0.3) is 0 Å². The number of ether oxygens (including phenoxy) is 2. The molecule has 3 aliphatic carbocycles. The monoisotopic (exact) mass is 510 g/mol. The summed E-state index contributed by atoms with van der Waals surface area (Å²) in [6.45, 7) is 10.5. The zero-order valence-electron chi connectivity index (χ0n) is 22.5. The van der Waals surface area contributed by atoms with Crippen molar-refractivity contribution in [1.29, 1.82) is 0 Å². The van der Waals surface area contributed by atoms with E-state index in [9.17, 15) is 24.6 Å². The van der Waals surface area contributed by atoms with Crippen LogP contribution >= 0.6 is 0 Å². The normalized spacial score (nSPS) is 36.4. The smallest absolute Gasteiger partial charge is 0.310 e. The maximum Gasteiger partial charge on any atom is 0.310 e. The Morgan fingerprint density at radius 1 is 1.05 bits per heavy atom. The number of benzene rings is 1. The second-order valence-electron chi connectivity index (χ2n) is 11.9. The number of ketones is 1. The largest absolute Gasteiger partial charge is 0.461 e. The summed E-state index contributed by atoms with van der Waals surface area (Å²) < 4.78 is 11.5. The van der Waals surface area contributed by atoms with Crippen LogP contribution in [-0.4, -0.2) is 51.3 Å². The van der Waals surface area contributed by atoms with E-state index >= 15 is 0 Å². The van der Waals surface area contributed by atoms with Gasteiger partial charge in [-0.1, -0.05) is 63.3 Å². The van der Waals surface area contributed by atoms with Crippen LogP contribution in [0.3, 0.4) is 0 Å². The number of Topliss-reactive ketones (excluding diaryl/α,β-unsaturated/α-hetero) is 1. The van der Waals surface area contributed by atoms with E-state index in [1.807, 2.05) is 64.1 Å². The Balaban J connectivity index is 1.77. The summed E-state index contributed by atoms with van der Waals surface area (Å²) in [4.78, 5) is 37.9. The van der Waals surface area contributed by atoms with Crippen LogP contribution in [0, 0.1) is 23.2 Å². The van der Waals surface area contributed by atoms with Crippen molar-refractivity contribution in [3.63, 3.8) is 0 Å². The van der Waals surface area contributed by atoms with Crippen LogP contribution < -0.4 is 0 Å². The molecule has 0 unspecified atom stereocenters. The van der Waals surface area contributed by atoms with Gasteiger partial charge in [-0.2, -0.15) is 0 Å². The van der Waals surface area contributed by atoms with Crippen LogP contribution in [0.4, 0.5) is 0 Å². The van der Waals surface area contributed by atoms with Gasteiger partial charge >= 0.3 is 11.9 Å². The SMILES string of the molecule is CC(=O)OCC1=C[C@H]2C(C)(C)[C@](C)(OC(=O)Cc3ccccc3)C[C@@H](C)[C@]2(O)[C@@H]2C=C(C)C(=O)[C@@]2(O)C1. The molecular formula is C30H38O7. The summed E-state index contributed by atoms with van der Waals surface area (Å²) in [7, 11) is 0. The summed E-state index contributed by atoms with van der Waals surface area (Å²) in [6, 6.07) is 9.38. The lowest BCUT2D eigenvalue weighted by molar-refractivity contribution is -0.245. The molecule has 0 heterocycles. The lowest BCUT2D eigenvalue weighted by atomic mass is 9.48. The molecular weight excluding hydrogens is 472 g/mol. The number of aliphatic hydroxyl groups is 2. The standard InChI is InChI=1S/C30H38O7/c1-18-12-24-29(34,26(18)33)16-22(17-36-20(3)31)13-23-27(4,5)28(6,15-19(2)30(23,24)35)37-25(32)14-21-10-8-7-9-11-21/h7-13,19,23-24,34-35H,14-17H2,1-6H3/t19-,23+,24-,28-,29-,30-/m1/s1. The number of hydrogen-bond acceptors (Lipinski definition) is 7. The van der Waals surface area contributed by atoms with Gasteiger partial charge in [0.15, 0.2) is 5.78 Å². The Bertz CT molecular complexity index is 1170. The van der Waals surface area contributed by atoms with Crippen molar-refractivity contribution in [1.82, 2.24) is 0 Å². The molecule has 1 saturated carbocycles. The first-order chi connectivity index (χ1) is 17.1. The van der Waals surface area contributed by atoms with E-state index in [0.717, 1.165) is 5.56 Å². The zero-order valence-corrected chi connectivity index (χ0v) is 22.5. The lowest BCUT2D eigenvalue weighted by Crippen LogP contribution is -2.68. The average Bonchev–Trinajstić information content (AvgIpc) is 2.97. The maximum absolute atomic E-state index is 13.2. The van der Waals surface area contributed by atoms with E-state index in [1.165, 1.54) is 6.92 Å². The minimum Gasteiger partial charge on any atom is -0.461 e. The molecule has 0 aromatic heterocycles. The molecule has 2 N–H and O–H groups in total. The molecule has 4 rings (SSSR count). The Morgan fingerprint density at radius 2 is 1.70 bits per heavy atom. The number of carbonyl (C=O) groups is 3.